The summed E-state index contributed by atoms with van der Waals surface area (Å²) in [5, 5.41) is 1.09. The first-order valence-corrected chi connectivity index (χ1v) is 6.86. The molecule has 0 radical (unpaired) electrons. The Morgan fingerprint density at radius 3 is 2.75 bits per heavy atom. The number of carbonyl (C=O) groups is 1. The Labute approximate surface area is 119 Å². The van der Waals surface area contributed by atoms with Crippen molar-refractivity contribution in [1.82, 2.24) is 14.5 Å². The highest BCUT2D eigenvalue weighted by Gasteiger charge is 2.14. The smallest absolute Gasteiger partial charge is 0.356 e. The lowest BCUT2D eigenvalue weighted by atomic mass is 10.2. The van der Waals surface area contributed by atoms with Gasteiger partial charge in [0.25, 0.3) is 0 Å². The lowest BCUT2D eigenvalue weighted by molar-refractivity contribution is 0.0519. The van der Waals surface area contributed by atoms with E-state index in [1.165, 1.54) is 5.56 Å². The van der Waals surface area contributed by atoms with Crippen LogP contribution in [-0.2, 0) is 17.8 Å². The van der Waals surface area contributed by atoms with Crippen LogP contribution >= 0.6 is 0 Å². The highest BCUT2D eigenvalue weighted by molar-refractivity contribution is 5.93. The molecular weight excluding hydrogens is 254 g/mol. The van der Waals surface area contributed by atoms with E-state index in [1.54, 1.807) is 13.1 Å². The van der Waals surface area contributed by atoms with Crippen LogP contribution in [0.25, 0.3) is 10.9 Å². The molecule has 0 amide bonds. The molecule has 108 valence electrons. The van der Waals surface area contributed by atoms with Gasteiger partial charge in [0, 0.05) is 30.9 Å². The average Bonchev–Trinajstić information content (AvgIpc) is 2.75. The van der Waals surface area contributed by atoms with Gasteiger partial charge in [0.05, 0.1) is 12.1 Å². The van der Waals surface area contributed by atoms with E-state index in [0.717, 1.165) is 24.0 Å². The van der Waals surface area contributed by atoms with E-state index in [4.69, 9.17) is 4.74 Å². The van der Waals surface area contributed by atoms with Crippen LogP contribution in [0.5, 0.6) is 0 Å². The second kappa shape index (κ2) is 6.05. The van der Waals surface area contributed by atoms with Gasteiger partial charge < -0.3 is 14.2 Å². The Balaban J connectivity index is 2.48. The normalized spacial score (nSPS) is 11.2. The van der Waals surface area contributed by atoms with Crippen LogP contribution in [0.15, 0.2) is 18.5 Å². The monoisotopic (exact) mass is 275 g/mol. The lowest BCUT2D eigenvalue weighted by Gasteiger charge is -2.07. The Bertz CT molecular complexity index is 617. The zero-order valence-corrected chi connectivity index (χ0v) is 12.5. The molecule has 5 nitrogen and oxygen atoms in total. The molecule has 0 spiro atoms. The van der Waals surface area contributed by atoms with E-state index >= 15 is 0 Å². The highest BCUT2D eigenvalue weighted by atomic mass is 16.5. The summed E-state index contributed by atoms with van der Waals surface area (Å²) in [7, 11) is 4.07. The van der Waals surface area contributed by atoms with Crippen molar-refractivity contribution in [2.24, 2.45) is 0 Å². The van der Waals surface area contributed by atoms with Crippen molar-refractivity contribution in [3.63, 3.8) is 0 Å². The molecule has 0 bridgehead atoms. The summed E-state index contributed by atoms with van der Waals surface area (Å²) in [6.45, 7) is 5.95. The van der Waals surface area contributed by atoms with Crippen LogP contribution in [0.2, 0.25) is 0 Å². The molecule has 2 aromatic rings. The van der Waals surface area contributed by atoms with Gasteiger partial charge in [-0.25, -0.2) is 9.78 Å². The minimum absolute atomic E-state index is 0.360. The Morgan fingerprint density at radius 1 is 1.40 bits per heavy atom. The fourth-order valence-corrected chi connectivity index (χ4v) is 2.30. The fraction of sp³-hybridized carbons (Fsp3) is 0.467. The summed E-state index contributed by atoms with van der Waals surface area (Å²) < 4.78 is 7.14. The van der Waals surface area contributed by atoms with Gasteiger partial charge in [-0.1, -0.05) is 0 Å². The van der Waals surface area contributed by atoms with Crippen LogP contribution in [-0.4, -0.2) is 41.1 Å². The molecular formula is C15H21N3O2. The van der Waals surface area contributed by atoms with E-state index in [9.17, 15) is 4.79 Å². The van der Waals surface area contributed by atoms with E-state index in [-0.39, 0.29) is 5.97 Å². The van der Waals surface area contributed by atoms with Gasteiger partial charge >= 0.3 is 5.97 Å². The number of aromatic nitrogens is 2. The predicted octanol–water partition coefficient (Wildman–Crippen LogP) is 2.29. The molecule has 2 heterocycles. The molecule has 0 atom stereocenters. The third kappa shape index (κ3) is 2.82. The summed E-state index contributed by atoms with van der Waals surface area (Å²) in [6.07, 6.45) is 3.90. The Morgan fingerprint density at radius 2 is 2.15 bits per heavy atom. The van der Waals surface area contributed by atoms with E-state index in [2.05, 4.69) is 27.6 Å². The lowest BCUT2D eigenvalue weighted by Crippen LogP contribution is -2.10. The fourth-order valence-electron chi connectivity index (χ4n) is 2.30. The summed E-state index contributed by atoms with van der Waals surface area (Å²) >= 11 is 0. The average molecular weight is 275 g/mol. The van der Waals surface area contributed by atoms with Crippen molar-refractivity contribution in [3.05, 3.63) is 29.7 Å². The van der Waals surface area contributed by atoms with Gasteiger partial charge in [0.1, 0.15) is 5.69 Å². The van der Waals surface area contributed by atoms with Crippen molar-refractivity contribution >= 4 is 16.9 Å². The molecule has 2 rings (SSSR count). The maximum absolute atomic E-state index is 11.8. The van der Waals surface area contributed by atoms with Gasteiger partial charge in [0.15, 0.2) is 0 Å². The van der Waals surface area contributed by atoms with Gasteiger partial charge in [-0.2, -0.15) is 0 Å². The number of pyridine rings is 1. The SMILES string of the molecule is CCOC(=O)c1cc2c(cn1)c(CN(C)C)cn2CC. The highest BCUT2D eigenvalue weighted by Crippen LogP contribution is 2.22. The minimum Gasteiger partial charge on any atom is -0.461 e. The second-order valence-electron chi connectivity index (χ2n) is 4.99. The van der Waals surface area contributed by atoms with Crippen molar-refractivity contribution < 1.29 is 9.53 Å². The molecule has 0 unspecified atom stereocenters. The van der Waals surface area contributed by atoms with E-state index < -0.39 is 0 Å². The Hall–Kier alpha value is -1.88. The maximum Gasteiger partial charge on any atom is 0.356 e. The number of aryl methyl sites for hydroxylation is 1. The number of carbonyl (C=O) groups excluding carboxylic acids is 1. The zero-order valence-electron chi connectivity index (χ0n) is 12.5. The summed E-state index contributed by atoms with van der Waals surface area (Å²) in [6, 6.07) is 1.82. The van der Waals surface area contributed by atoms with Crippen LogP contribution in [0.1, 0.15) is 29.9 Å². The topological polar surface area (TPSA) is 47.4 Å². The predicted molar refractivity (Wildman–Crippen MR) is 78.8 cm³/mol. The second-order valence-corrected chi connectivity index (χ2v) is 4.99. The molecule has 0 saturated heterocycles. The van der Waals surface area contributed by atoms with Crippen LogP contribution in [0.3, 0.4) is 0 Å². The number of esters is 1. The third-order valence-corrected chi connectivity index (χ3v) is 3.16. The standard InChI is InChI=1S/C15H21N3O2/c1-5-18-10-11(9-17(3)4)12-8-16-13(7-14(12)18)15(19)20-6-2/h7-8,10H,5-6,9H2,1-4H3. The first kappa shape index (κ1) is 14.5. The van der Waals surface area contributed by atoms with Crippen molar-refractivity contribution in [1.29, 1.82) is 0 Å². The van der Waals surface area contributed by atoms with Gasteiger partial charge in [-0.3, -0.25) is 0 Å². The van der Waals surface area contributed by atoms with Crippen molar-refractivity contribution in [3.8, 4) is 0 Å². The molecule has 2 aromatic heterocycles. The van der Waals surface area contributed by atoms with E-state index in [0.29, 0.717) is 12.3 Å². The zero-order chi connectivity index (χ0) is 14.7. The molecule has 0 aliphatic heterocycles. The minimum atomic E-state index is -0.368. The van der Waals surface area contributed by atoms with Crippen LogP contribution in [0, 0.1) is 0 Å². The largest absolute Gasteiger partial charge is 0.461 e. The van der Waals surface area contributed by atoms with Crippen LogP contribution < -0.4 is 0 Å². The maximum atomic E-state index is 11.8. The van der Waals surface area contributed by atoms with Crippen LogP contribution in [0.4, 0.5) is 0 Å². The summed E-state index contributed by atoms with van der Waals surface area (Å²) in [5.74, 6) is -0.368. The Kier molecular flexibility index (Phi) is 4.39. The molecule has 0 fully saturated rings. The summed E-state index contributed by atoms with van der Waals surface area (Å²) in [4.78, 5) is 18.1. The number of nitrogens with zero attached hydrogens (tertiary/aromatic N) is 3. The first-order chi connectivity index (χ1) is 9.56. The molecule has 0 aliphatic rings. The van der Waals surface area contributed by atoms with Crippen molar-refractivity contribution in [2.45, 2.75) is 26.9 Å². The quantitative estimate of drug-likeness (QED) is 0.786. The van der Waals surface area contributed by atoms with Gasteiger partial charge in [-0.15, -0.1) is 0 Å². The number of fused-ring (bicyclic) bond motifs is 1. The number of hydrogen-bond acceptors (Lipinski definition) is 4. The molecule has 0 aromatic carbocycles. The number of hydrogen-bond donors (Lipinski definition) is 0. The first-order valence-electron chi connectivity index (χ1n) is 6.86. The number of rotatable bonds is 5. The molecule has 0 aliphatic carbocycles. The summed E-state index contributed by atoms with van der Waals surface area (Å²) in [5.41, 5.74) is 2.61. The van der Waals surface area contributed by atoms with E-state index in [1.807, 2.05) is 20.2 Å². The molecule has 0 saturated carbocycles. The third-order valence-electron chi connectivity index (χ3n) is 3.16. The molecule has 0 N–H and O–H groups in total. The molecule has 5 heteroatoms. The number of ether oxygens (including phenoxy) is 1. The molecule has 20 heavy (non-hydrogen) atoms. The van der Waals surface area contributed by atoms with Gasteiger partial charge in [-0.05, 0) is 39.6 Å². The van der Waals surface area contributed by atoms with Gasteiger partial charge in [0.2, 0.25) is 0 Å². The van der Waals surface area contributed by atoms with Crippen molar-refractivity contribution in [2.75, 3.05) is 20.7 Å².